The SMILES string of the molecule is CC=C(C(=O)c1c(F)ccc(OCCC)c1C)c1ccc(OC)cc1. The van der Waals surface area contributed by atoms with Crippen molar-refractivity contribution in [3.8, 4) is 11.5 Å². The lowest BCUT2D eigenvalue weighted by Crippen LogP contribution is -2.10. The molecular weight excluding hydrogens is 319 g/mol. The zero-order chi connectivity index (χ0) is 18.4. The van der Waals surface area contributed by atoms with Crippen LogP contribution in [0.2, 0.25) is 0 Å². The van der Waals surface area contributed by atoms with E-state index in [1.165, 1.54) is 6.07 Å². The van der Waals surface area contributed by atoms with Crippen LogP contribution in [0.4, 0.5) is 4.39 Å². The lowest BCUT2D eigenvalue weighted by atomic mass is 9.93. The van der Waals surface area contributed by atoms with Crippen LogP contribution in [0.15, 0.2) is 42.5 Å². The molecule has 0 saturated carbocycles. The number of hydrogen-bond donors (Lipinski definition) is 0. The number of rotatable bonds is 7. The summed E-state index contributed by atoms with van der Waals surface area (Å²) < 4.78 is 25.2. The average Bonchev–Trinajstić information content (AvgIpc) is 2.62. The Morgan fingerprint density at radius 1 is 1.16 bits per heavy atom. The van der Waals surface area contributed by atoms with Gasteiger partial charge < -0.3 is 9.47 Å². The van der Waals surface area contributed by atoms with E-state index in [4.69, 9.17) is 9.47 Å². The largest absolute Gasteiger partial charge is 0.497 e. The van der Waals surface area contributed by atoms with E-state index in [0.29, 0.717) is 34.8 Å². The third-order valence-corrected chi connectivity index (χ3v) is 3.99. The lowest BCUT2D eigenvalue weighted by molar-refractivity contribution is 0.105. The molecule has 0 spiro atoms. The maximum atomic E-state index is 14.4. The Morgan fingerprint density at radius 2 is 1.84 bits per heavy atom. The van der Waals surface area contributed by atoms with Crippen molar-refractivity contribution in [1.82, 2.24) is 0 Å². The van der Waals surface area contributed by atoms with Gasteiger partial charge in [0.1, 0.15) is 17.3 Å². The number of Topliss-reactive ketones (excluding diaryl/α,β-unsaturated/α-hetero) is 1. The molecule has 0 fully saturated rings. The van der Waals surface area contributed by atoms with Crippen LogP contribution in [0.5, 0.6) is 11.5 Å². The van der Waals surface area contributed by atoms with Crippen LogP contribution in [0.25, 0.3) is 5.57 Å². The molecule has 132 valence electrons. The van der Waals surface area contributed by atoms with E-state index in [-0.39, 0.29) is 11.3 Å². The van der Waals surface area contributed by atoms with Crippen molar-refractivity contribution in [3.05, 3.63) is 65.0 Å². The highest BCUT2D eigenvalue weighted by Crippen LogP contribution is 2.30. The number of ether oxygens (including phenoxy) is 2. The zero-order valence-corrected chi connectivity index (χ0v) is 15.1. The molecule has 0 aliphatic heterocycles. The highest BCUT2D eigenvalue weighted by Gasteiger charge is 2.22. The molecule has 3 nitrogen and oxygen atoms in total. The summed E-state index contributed by atoms with van der Waals surface area (Å²) in [6.07, 6.45) is 2.54. The monoisotopic (exact) mass is 342 g/mol. The van der Waals surface area contributed by atoms with Crippen molar-refractivity contribution in [1.29, 1.82) is 0 Å². The fraction of sp³-hybridized carbons (Fsp3) is 0.286. The summed E-state index contributed by atoms with van der Waals surface area (Å²) in [5.41, 5.74) is 1.73. The Kier molecular flexibility index (Phi) is 6.34. The summed E-state index contributed by atoms with van der Waals surface area (Å²) >= 11 is 0. The van der Waals surface area contributed by atoms with Gasteiger partial charge in [-0.2, -0.15) is 0 Å². The van der Waals surface area contributed by atoms with Crippen LogP contribution >= 0.6 is 0 Å². The first-order valence-electron chi connectivity index (χ1n) is 8.30. The average molecular weight is 342 g/mol. The van der Waals surface area contributed by atoms with Crippen molar-refractivity contribution in [2.24, 2.45) is 0 Å². The number of hydrogen-bond acceptors (Lipinski definition) is 3. The molecule has 0 saturated heterocycles. The Bertz CT molecular complexity index is 776. The number of methoxy groups -OCH3 is 1. The number of halogens is 1. The van der Waals surface area contributed by atoms with Crippen LogP contribution in [0, 0.1) is 12.7 Å². The number of ketones is 1. The molecule has 0 aliphatic rings. The molecule has 2 rings (SSSR count). The number of carbonyl (C=O) groups excluding carboxylic acids is 1. The van der Waals surface area contributed by atoms with Crippen LogP contribution in [0.3, 0.4) is 0 Å². The summed E-state index contributed by atoms with van der Waals surface area (Å²) in [6.45, 7) is 5.99. The second-order valence-corrected chi connectivity index (χ2v) is 5.65. The van der Waals surface area contributed by atoms with E-state index >= 15 is 0 Å². The van der Waals surface area contributed by atoms with E-state index in [2.05, 4.69) is 0 Å². The van der Waals surface area contributed by atoms with Crippen LogP contribution < -0.4 is 9.47 Å². The molecule has 2 aromatic carbocycles. The third-order valence-electron chi connectivity index (χ3n) is 3.99. The van der Waals surface area contributed by atoms with E-state index in [1.807, 2.05) is 6.92 Å². The first kappa shape index (κ1) is 18.7. The molecule has 0 N–H and O–H groups in total. The van der Waals surface area contributed by atoms with Crippen molar-refractivity contribution in [3.63, 3.8) is 0 Å². The summed E-state index contributed by atoms with van der Waals surface area (Å²) in [5, 5.41) is 0. The van der Waals surface area contributed by atoms with Crippen molar-refractivity contribution in [2.45, 2.75) is 27.2 Å². The fourth-order valence-corrected chi connectivity index (χ4v) is 2.64. The van der Waals surface area contributed by atoms with Gasteiger partial charge in [-0.25, -0.2) is 4.39 Å². The maximum Gasteiger partial charge on any atom is 0.196 e. The highest BCUT2D eigenvalue weighted by atomic mass is 19.1. The summed E-state index contributed by atoms with van der Waals surface area (Å²) in [7, 11) is 1.58. The van der Waals surface area contributed by atoms with Gasteiger partial charge in [-0.05, 0) is 50.1 Å². The first-order chi connectivity index (χ1) is 12.0. The van der Waals surface area contributed by atoms with E-state index < -0.39 is 5.82 Å². The van der Waals surface area contributed by atoms with Gasteiger partial charge in [-0.1, -0.05) is 25.1 Å². The van der Waals surface area contributed by atoms with Crippen molar-refractivity contribution >= 4 is 11.4 Å². The molecule has 25 heavy (non-hydrogen) atoms. The van der Waals surface area contributed by atoms with Crippen molar-refractivity contribution < 1.29 is 18.7 Å². The van der Waals surface area contributed by atoms with Gasteiger partial charge >= 0.3 is 0 Å². The van der Waals surface area contributed by atoms with Gasteiger partial charge in [0.05, 0.1) is 19.3 Å². The van der Waals surface area contributed by atoms with Gasteiger partial charge in [-0.3, -0.25) is 4.79 Å². The standard InChI is InChI=1S/C21H23FO3/c1-5-13-25-19-12-11-18(22)20(14(19)3)21(23)17(6-2)15-7-9-16(24-4)10-8-15/h6-12H,5,13H2,1-4H3. The molecule has 4 heteroatoms. The minimum atomic E-state index is -0.542. The summed E-state index contributed by atoms with van der Waals surface area (Å²) in [6, 6.07) is 9.98. The molecule has 2 aromatic rings. The molecule has 0 unspecified atom stereocenters. The summed E-state index contributed by atoms with van der Waals surface area (Å²) in [5.74, 6) is 0.338. The van der Waals surface area contributed by atoms with Crippen molar-refractivity contribution in [2.75, 3.05) is 13.7 Å². The molecule has 0 heterocycles. The topological polar surface area (TPSA) is 35.5 Å². The lowest BCUT2D eigenvalue weighted by Gasteiger charge is -2.14. The van der Waals surface area contributed by atoms with Crippen LogP contribution in [-0.2, 0) is 0 Å². The predicted molar refractivity (Wildman–Crippen MR) is 97.9 cm³/mol. The molecule has 0 radical (unpaired) electrons. The minimum absolute atomic E-state index is 0.0533. The van der Waals surface area contributed by atoms with Crippen LogP contribution in [0.1, 0.15) is 41.8 Å². The second kappa shape index (κ2) is 8.47. The zero-order valence-electron chi connectivity index (χ0n) is 15.1. The number of carbonyl (C=O) groups is 1. The molecule has 0 bridgehead atoms. The Hall–Kier alpha value is -2.62. The highest BCUT2D eigenvalue weighted by molar-refractivity contribution is 6.29. The van der Waals surface area contributed by atoms with Gasteiger partial charge in [0.25, 0.3) is 0 Å². The van der Waals surface area contributed by atoms with Gasteiger partial charge in [0.15, 0.2) is 5.78 Å². The van der Waals surface area contributed by atoms with Gasteiger partial charge in [0, 0.05) is 11.1 Å². The Morgan fingerprint density at radius 3 is 2.40 bits per heavy atom. The predicted octanol–water partition coefficient (Wildman–Crippen LogP) is 5.22. The van der Waals surface area contributed by atoms with E-state index in [1.54, 1.807) is 57.4 Å². The number of benzene rings is 2. The maximum absolute atomic E-state index is 14.4. The molecular formula is C21H23FO3. The fourth-order valence-electron chi connectivity index (χ4n) is 2.64. The second-order valence-electron chi connectivity index (χ2n) is 5.65. The summed E-state index contributed by atoms with van der Waals surface area (Å²) in [4.78, 5) is 13.0. The minimum Gasteiger partial charge on any atom is -0.497 e. The number of allylic oxidation sites excluding steroid dienone is 2. The third kappa shape index (κ3) is 4.08. The normalized spacial score (nSPS) is 11.3. The Labute approximate surface area is 148 Å². The van der Waals surface area contributed by atoms with Gasteiger partial charge in [0.2, 0.25) is 0 Å². The smallest absolute Gasteiger partial charge is 0.196 e. The molecule has 0 atom stereocenters. The molecule has 0 aliphatic carbocycles. The van der Waals surface area contributed by atoms with Crippen LogP contribution in [-0.4, -0.2) is 19.5 Å². The molecule has 0 amide bonds. The van der Waals surface area contributed by atoms with E-state index in [0.717, 1.165) is 6.42 Å². The van der Waals surface area contributed by atoms with E-state index in [9.17, 15) is 9.18 Å². The van der Waals surface area contributed by atoms with Gasteiger partial charge in [-0.15, -0.1) is 0 Å². The quantitative estimate of drug-likeness (QED) is 0.511. The Balaban J connectivity index is 2.43. The molecule has 0 aromatic heterocycles. The first-order valence-corrected chi connectivity index (χ1v) is 8.30.